The maximum Gasteiger partial charge on any atom is 0.407 e. The van der Waals surface area contributed by atoms with Crippen LogP contribution < -0.4 is 0 Å². The second-order valence-electron chi connectivity index (χ2n) is 6.67. The van der Waals surface area contributed by atoms with Crippen LogP contribution in [0.25, 0.3) is 0 Å². The lowest BCUT2D eigenvalue weighted by molar-refractivity contribution is -0.164. The SMILES string of the molecule is CC(C)(C)OC(=O)[C@H]1CC[C@@H]2CN(C(=O)O)CC(=O)N2C1. The standard InChI is InChI=1S/C14H22N2O5/c1-14(2,3)21-12(18)9-4-5-10-7-15(13(19)20)8-11(17)16(10)6-9/h9-10H,4-8H2,1-3H3,(H,19,20)/t9-,10+/m0/s1. The Morgan fingerprint density at radius 2 is 1.90 bits per heavy atom. The van der Waals surface area contributed by atoms with Crippen molar-refractivity contribution in [1.82, 2.24) is 9.80 Å². The molecule has 0 aromatic carbocycles. The van der Waals surface area contributed by atoms with Crippen LogP contribution in [0.1, 0.15) is 33.6 Å². The fourth-order valence-electron chi connectivity index (χ4n) is 2.82. The van der Waals surface area contributed by atoms with Crippen molar-refractivity contribution in [2.24, 2.45) is 5.92 Å². The lowest BCUT2D eigenvalue weighted by Crippen LogP contribution is -2.61. The summed E-state index contributed by atoms with van der Waals surface area (Å²) in [6, 6.07) is -0.124. The van der Waals surface area contributed by atoms with E-state index in [-0.39, 0.29) is 30.4 Å². The first-order chi connectivity index (χ1) is 9.67. The fraction of sp³-hybridized carbons (Fsp3) is 0.786. The number of nitrogens with zero attached hydrogens (tertiary/aromatic N) is 2. The van der Waals surface area contributed by atoms with Crippen LogP contribution in [-0.4, -0.2) is 64.2 Å². The number of piperidine rings is 1. The summed E-state index contributed by atoms with van der Waals surface area (Å²) in [5, 5.41) is 9.00. The summed E-state index contributed by atoms with van der Waals surface area (Å²) in [4.78, 5) is 37.9. The van der Waals surface area contributed by atoms with E-state index in [9.17, 15) is 14.4 Å². The normalized spacial score (nSPS) is 26.3. The smallest absolute Gasteiger partial charge is 0.407 e. The predicted molar refractivity (Wildman–Crippen MR) is 73.7 cm³/mol. The number of fused-ring (bicyclic) bond motifs is 1. The summed E-state index contributed by atoms with van der Waals surface area (Å²) in [5.41, 5.74) is -0.542. The molecule has 21 heavy (non-hydrogen) atoms. The number of hydrogen-bond acceptors (Lipinski definition) is 4. The number of piperazine rings is 1. The van der Waals surface area contributed by atoms with Crippen LogP contribution in [-0.2, 0) is 14.3 Å². The van der Waals surface area contributed by atoms with Gasteiger partial charge in [0.05, 0.1) is 5.92 Å². The summed E-state index contributed by atoms with van der Waals surface area (Å²) in [7, 11) is 0. The topological polar surface area (TPSA) is 87.1 Å². The van der Waals surface area contributed by atoms with E-state index >= 15 is 0 Å². The molecule has 1 N–H and O–H groups in total. The molecule has 0 aromatic rings. The van der Waals surface area contributed by atoms with Crippen molar-refractivity contribution >= 4 is 18.0 Å². The number of carbonyl (C=O) groups excluding carboxylic acids is 2. The Morgan fingerprint density at radius 3 is 2.48 bits per heavy atom. The number of carbonyl (C=O) groups is 3. The first-order valence-corrected chi connectivity index (χ1v) is 7.17. The highest BCUT2D eigenvalue weighted by atomic mass is 16.6. The van der Waals surface area contributed by atoms with Crippen molar-refractivity contribution in [3.8, 4) is 0 Å². The Bertz CT molecular complexity index is 457. The summed E-state index contributed by atoms with van der Waals surface area (Å²) >= 11 is 0. The number of hydrogen-bond donors (Lipinski definition) is 1. The van der Waals surface area contributed by atoms with Gasteiger partial charge in [-0.05, 0) is 33.6 Å². The first kappa shape index (κ1) is 15.6. The van der Waals surface area contributed by atoms with Gasteiger partial charge >= 0.3 is 12.1 Å². The van der Waals surface area contributed by atoms with E-state index in [0.29, 0.717) is 25.9 Å². The fourth-order valence-corrected chi connectivity index (χ4v) is 2.82. The van der Waals surface area contributed by atoms with Gasteiger partial charge in [-0.15, -0.1) is 0 Å². The Hall–Kier alpha value is -1.79. The molecule has 7 nitrogen and oxygen atoms in total. The number of ether oxygens (including phenoxy) is 1. The predicted octanol–water partition coefficient (Wildman–Crippen LogP) is 0.929. The zero-order valence-corrected chi connectivity index (χ0v) is 12.7. The summed E-state index contributed by atoms with van der Waals surface area (Å²) in [6.07, 6.45) is 0.174. The van der Waals surface area contributed by atoms with Crippen LogP contribution in [0.5, 0.6) is 0 Å². The maximum absolute atomic E-state index is 12.1. The van der Waals surface area contributed by atoms with Gasteiger partial charge < -0.3 is 14.7 Å². The van der Waals surface area contributed by atoms with Gasteiger partial charge in [0.25, 0.3) is 0 Å². The molecule has 2 fully saturated rings. The van der Waals surface area contributed by atoms with E-state index in [4.69, 9.17) is 9.84 Å². The van der Waals surface area contributed by atoms with E-state index in [1.54, 1.807) is 4.90 Å². The quantitative estimate of drug-likeness (QED) is 0.728. The molecule has 7 heteroatoms. The molecule has 0 aliphatic carbocycles. The van der Waals surface area contributed by atoms with Gasteiger partial charge in [-0.2, -0.15) is 0 Å². The number of carboxylic acid groups (broad SMARTS) is 1. The molecular formula is C14H22N2O5. The zero-order valence-electron chi connectivity index (χ0n) is 12.7. The van der Waals surface area contributed by atoms with Crippen molar-refractivity contribution < 1.29 is 24.2 Å². The number of amides is 2. The van der Waals surface area contributed by atoms with Crippen LogP contribution in [0.4, 0.5) is 4.79 Å². The van der Waals surface area contributed by atoms with Gasteiger partial charge in [0.2, 0.25) is 5.91 Å². The molecule has 0 saturated carbocycles. The minimum Gasteiger partial charge on any atom is -0.465 e. The Morgan fingerprint density at radius 1 is 1.24 bits per heavy atom. The molecule has 0 aromatic heterocycles. The molecule has 0 radical (unpaired) electrons. The molecule has 2 atom stereocenters. The number of rotatable bonds is 1. The van der Waals surface area contributed by atoms with Crippen LogP contribution in [0, 0.1) is 5.92 Å². The van der Waals surface area contributed by atoms with Gasteiger partial charge in [0, 0.05) is 19.1 Å². The molecule has 2 aliphatic heterocycles. The molecule has 0 bridgehead atoms. The van der Waals surface area contributed by atoms with Gasteiger partial charge in [-0.25, -0.2) is 4.79 Å². The van der Waals surface area contributed by atoms with E-state index in [1.165, 1.54) is 0 Å². The van der Waals surface area contributed by atoms with E-state index in [1.807, 2.05) is 20.8 Å². The lowest BCUT2D eigenvalue weighted by atomic mass is 9.91. The Balaban J connectivity index is 2.00. The minimum atomic E-state index is -1.07. The monoisotopic (exact) mass is 298 g/mol. The highest BCUT2D eigenvalue weighted by molar-refractivity contribution is 5.84. The third-order valence-corrected chi connectivity index (χ3v) is 3.79. The largest absolute Gasteiger partial charge is 0.465 e. The van der Waals surface area contributed by atoms with Gasteiger partial charge in [0.15, 0.2) is 0 Å². The van der Waals surface area contributed by atoms with Crippen LogP contribution in [0.15, 0.2) is 0 Å². The first-order valence-electron chi connectivity index (χ1n) is 7.17. The van der Waals surface area contributed by atoms with E-state index in [0.717, 1.165) is 4.90 Å². The Kier molecular flexibility index (Phi) is 4.11. The van der Waals surface area contributed by atoms with Crippen LogP contribution in [0.3, 0.4) is 0 Å². The molecule has 0 spiro atoms. The molecule has 2 aliphatic rings. The van der Waals surface area contributed by atoms with Crippen molar-refractivity contribution in [3.63, 3.8) is 0 Å². The third kappa shape index (κ3) is 3.65. The molecule has 2 saturated heterocycles. The average molecular weight is 298 g/mol. The van der Waals surface area contributed by atoms with Crippen molar-refractivity contribution in [1.29, 1.82) is 0 Å². The summed E-state index contributed by atoms with van der Waals surface area (Å²) in [5.74, 6) is -0.836. The molecule has 118 valence electrons. The second-order valence-corrected chi connectivity index (χ2v) is 6.67. The molecule has 0 unspecified atom stereocenters. The van der Waals surface area contributed by atoms with E-state index < -0.39 is 11.7 Å². The molecular weight excluding hydrogens is 276 g/mol. The van der Waals surface area contributed by atoms with Crippen molar-refractivity contribution in [2.45, 2.75) is 45.3 Å². The minimum absolute atomic E-state index is 0.124. The van der Waals surface area contributed by atoms with Crippen molar-refractivity contribution in [3.05, 3.63) is 0 Å². The lowest BCUT2D eigenvalue weighted by Gasteiger charge is -2.44. The Labute approximate surface area is 123 Å². The van der Waals surface area contributed by atoms with Crippen LogP contribution in [0.2, 0.25) is 0 Å². The van der Waals surface area contributed by atoms with Gasteiger partial charge in [-0.1, -0.05) is 0 Å². The third-order valence-electron chi connectivity index (χ3n) is 3.79. The molecule has 2 rings (SSSR count). The van der Waals surface area contributed by atoms with Gasteiger partial charge in [-0.3, -0.25) is 14.5 Å². The average Bonchev–Trinajstić information content (AvgIpc) is 2.36. The zero-order chi connectivity index (χ0) is 15.8. The highest BCUT2D eigenvalue weighted by Gasteiger charge is 2.41. The second kappa shape index (κ2) is 5.54. The van der Waals surface area contributed by atoms with Crippen LogP contribution >= 0.6 is 0 Å². The summed E-state index contributed by atoms with van der Waals surface area (Å²) in [6.45, 7) is 5.95. The molecule has 2 heterocycles. The maximum atomic E-state index is 12.1. The van der Waals surface area contributed by atoms with E-state index in [2.05, 4.69) is 0 Å². The number of esters is 1. The molecule has 2 amide bonds. The van der Waals surface area contributed by atoms with Gasteiger partial charge in [0.1, 0.15) is 12.1 Å². The van der Waals surface area contributed by atoms with Crippen molar-refractivity contribution in [2.75, 3.05) is 19.6 Å². The summed E-state index contributed by atoms with van der Waals surface area (Å²) < 4.78 is 5.37. The highest BCUT2D eigenvalue weighted by Crippen LogP contribution is 2.27.